The highest BCUT2D eigenvalue weighted by atomic mass is 35.5. The predicted octanol–water partition coefficient (Wildman–Crippen LogP) is 3.33. The van der Waals surface area contributed by atoms with Crippen molar-refractivity contribution < 1.29 is 4.74 Å². The number of nitrogens with zero attached hydrogens (tertiary/aromatic N) is 2. The van der Waals surface area contributed by atoms with E-state index in [1.807, 2.05) is 0 Å². The van der Waals surface area contributed by atoms with Crippen LogP contribution in [0.5, 0.6) is 5.88 Å². The summed E-state index contributed by atoms with van der Waals surface area (Å²) in [4.78, 5) is 7.90. The molecule has 2 rings (SSSR count). The van der Waals surface area contributed by atoms with Gasteiger partial charge in [0.15, 0.2) is 0 Å². The largest absolute Gasteiger partial charge is 0.474 e. The van der Waals surface area contributed by atoms with Crippen molar-refractivity contribution in [2.75, 3.05) is 0 Å². The predicted molar refractivity (Wildman–Crippen MR) is 63.6 cm³/mol. The minimum Gasteiger partial charge on any atom is -0.474 e. The highest BCUT2D eigenvalue weighted by Gasteiger charge is 2.25. The normalized spacial score (nSPS) is 30.1. The van der Waals surface area contributed by atoms with E-state index in [2.05, 4.69) is 23.8 Å². The van der Waals surface area contributed by atoms with Crippen molar-refractivity contribution in [3.63, 3.8) is 0 Å². The van der Waals surface area contributed by atoms with E-state index in [4.69, 9.17) is 16.3 Å². The van der Waals surface area contributed by atoms with Crippen LogP contribution >= 0.6 is 11.6 Å². The fourth-order valence-corrected chi connectivity index (χ4v) is 2.66. The summed E-state index contributed by atoms with van der Waals surface area (Å²) in [7, 11) is 0. The molecule has 0 amide bonds. The number of hydrogen-bond acceptors (Lipinski definition) is 3. The van der Waals surface area contributed by atoms with Gasteiger partial charge in [0.2, 0.25) is 5.88 Å². The molecule has 0 bridgehead atoms. The highest BCUT2D eigenvalue weighted by molar-refractivity contribution is 6.29. The van der Waals surface area contributed by atoms with Gasteiger partial charge in [-0.15, -0.1) is 0 Å². The number of rotatable bonds is 2. The lowest BCUT2D eigenvalue weighted by Crippen LogP contribution is -2.28. The molecule has 1 aromatic rings. The van der Waals surface area contributed by atoms with E-state index in [0.29, 0.717) is 11.0 Å². The molecule has 0 radical (unpaired) electrons. The summed E-state index contributed by atoms with van der Waals surface area (Å²) < 4.78 is 5.84. The van der Waals surface area contributed by atoms with Crippen LogP contribution in [0.2, 0.25) is 5.15 Å². The lowest BCUT2D eigenvalue weighted by molar-refractivity contribution is 0.0966. The molecule has 3 nitrogen and oxygen atoms in total. The molecule has 2 unspecified atom stereocenters. The zero-order valence-electron chi connectivity index (χ0n) is 9.69. The Hall–Kier alpha value is -0.830. The summed E-state index contributed by atoms with van der Waals surface area (Å²) in [5.74, 6) is 2.04. The van der Waals surface area contributed by atoms with Gasteiger partial charge >= 0.3 is 0 Å². The van der Waals surface area contributed by atoms with Crippen molar-refractivity contribution in [1.29, 1.82) is 0 Å². The third-order valence-electron chi connectivity index (χ3n) is 3.03. The molecule has 1 fully saturated rings. The van der Waals surface area contributed by atoms with E-state index in [1.54, 1.807) is 6.07 Å². The van der Waals surface area contributed by atoms with Crippen molar-refractivity contribution in [1.82, 2.24) is 9.97 Å². The van der Waals surface area contributed by atoms with Crippen LogP contribution in [0.15, 0.2) is 12.4 Å². The first kappa shape index (κ1) is 11.6. The summed E-state index contributed by atoms with van der Waals surface area (Å²) in [6.45, 7) is 4.55. The van der Waals surface area contributed by atoms with Crippen LogP contribution in [0, 0.1) is 11.8 Å². The Bertz CT molecular complexity index is 349. The SMILES string of the molecule is CC1CC(C)CC(Oc2cc(Cl)ncn2)C1. The van der Waals surface area contributed by atoms with Crippen molar-refractivity contribution in [3.05, 3.63) is 17.5 Å². The molecule has 1 aliphatic carbocycles. The Kier molecular flexibility index (Phi) is 3.64. The monoisotopic (exact) mass is 240 g/mol. The summed E-state index contributed by atoms with van der Waals surface area (Å²) >= 11 is 5.79. The molecule has 0 N–H and O–H groups in total. The molecule has 0 aliphatic heterocycles. The molecule has 1 aliphatic rings. The minimum absolute atomic E-state index is 0.268. The minimum atomic E-state index is 0.268. The molecular formula is C12H17ClN2O. The van der Waals surface area contributed by atoms with E-state index in [0.717, 1.165) is 24.7 Å². The van der Waals surface area contributed by atoms with Crippen LogP contribution in [0.1, 0.15) is 33.1 Å². The van der Waals surface area contributed by atoms with E-state index in [9.17, 15) is 0 Å². The van der Waals surface area contributed by atoms with Crippen molar-refractivity contribution in [2.45, 2.75) is 39.2 Å². The lowest BCUT2D eigenvalue weighted by Gasteiger charge is -2.31. The van der Waals surface area contributed by atoms with Crippen LogP contribution in [0.4, 0.5) is 0 Å². The first-order valence-electron chi connectivity index (χ1n) is 5.77. The second-order valence-corrected chi connectivity index (χ2v) is 5.22. The van der Waals surface area contributed by atoms with Gasteiger partial charge in [-0.05, 0) is 31.1 Å². The van der Waals surface area contributed by atoms with E-state index in [1.165, 1.54) is 12.7 Å². The maximum Gasteiger partial charge on any atom is 0.218 e. The standard InChI is InChI=1S/C12H17ClN2O/c1-8-3-9(2)5-10(4-8)16-12-6-11(13)14-7-15-12/h6-10H,3-5H2,1-2H3. The Morgan fingerprint density at radius 1 is 1.19 bits per heavy atom. The van der Waals surface area contributed by atoms with Gasteiger partial charge in [0.1, 0.15) is 17.6 Å². The highest BCUT2D eigenvalue weighted by Crippen LogP contribution is 2.30. The molecule has 1 saturated carbocycles. The van der Waals surface area contributed by atoms with Gasteiger partial charge in [0.05, 0.1) is 0 Å². The second kappa shape index (κ2) is 5.00. The van der Waals surface area contributed by atoms with E-state index < -0.39 is 0 Å². The van der Waals surface area contributed by atoms with Crippen LogP contribution in [0.25, 0.3) is 0 Å². The topological polar surface area (TPSA) is 35.0 Å². The fraction of sp³-hybridized carbons (Fsp3) is 0.667. The molecule has 1 heterocycles. The lowest BCUT2D eigenvalue weighted by atomic mass is 9.82. The van der Waals surface area contributed by atoms with Gasteiger partial charge in [0, 0.05) is 6.07 Å². The molecular weight excluding hydrogens is 224 g/mol. The van der Waals surface area contributed by atoms with Crippen molar-refractivity contribution in [3.8, 4) is 5.88 Å². The third-order valence-corrected chi connectivity index (χ3v) is 3.24. The summed E-state index contributed by atoms with van der Waals surface area (Å²) in [6.07, 6.45) is 5.21. The quantitative estimate of drug-likeness (QED) is 0.744. The van der Waals surface area contributed by atoms with E-state index in [-0.39, 0.29) is 6.10 Å². The van der Waals surface area contributed by atoms with Gasteiger partial charge in [-0.2, -0.15) is 0 Å². The third kappa shape index (κ3) is 3.08. The van der Waals surface area contributed by atoms with E-state index >= 15 is 0 Å². The summed E-state index contributed by atoms with van der Waals surface area (Å²) in [5.41, 5.74) is 0. The number of hydrogen-bond donors (Lipinski definition) is 0. The van der Waals surface area contributed by atoms with Crippen LogP contribution in [-0.4, -0.2) is 16.1 Å². The van der Waals surface area contributed by atoms with Gasteiger partial charge in [-0.1, -0.05) is 25.4 Å². The zero-order chi connectivity index (χ0) is 11.5. The average molecular weight is 241 g/mol. The van der Waals surface area contributed by atoms with Crippen LogP contribution in [-0.2, 0) is 0 Å². The number of aromatic nitrogens is 2. The maximum absolute atomic E-state index is 5.84. The first-order chi connectivity index (χ1) is 7.63. The Morgan fingerprint density at radius 2 is 1.88 bits per heavy atom. The molecule has 4 heteroatoms. The second-order valence-electron chi connectivity index (χ2n) is 4.84. The molecule has 88 valence electrons. The van der Waals surface area contributed by atoms with Gasteiger partial charge < -0.3 is 4.74 Å². The smallest absolute Gasteiger partial charge is 0.218 e. The van der Waals surface area contributed by atoms with Crippen molar-refractivity contribution >= 4 is 11.6 Å². The molecule has 0 aromatic carbocycles. The van der Waals surface area contributed by atoms with Gasteiger partial charge in [-0.25, -0.2) is 9.97 Å². The summed E-state index contributed by atoms with van der Waals surface area (Å²) in [5, 5.41) is 0.432. The molecule has 16 heavy (non-hydrogen) atoms. The fourth-order valence-electron chi connectivity index (χ4n) is 2.52. The first-order valence-corrected chi connectivity index (χ1v) is 6.15. The van der Waals surface area contributed by atoms with Crippen LogP contribution in [0.3, 0.4) is 0 Å². The number of ether oxygens (including phenoxy) is 1. The molecule has 0 saturated heterocycles. The van der Waals surface area contributed by atoms with Gasteiger partial charge in [0.25, 0.3) is 0 Å². The maximum atomic E-state index is 5.84. The summed E-state index contributed by atoms with van der Waals surface area (Å²) in [6, 6.07) is 1.67. The molecule has 0 spiro atoms. The molecule has 1 aromatic heterocycles. The molecule has 2 atom stereocenters. The van der Waals surface area contributed by atoms with Crippen LogP contribution < -0.4 is 4.74 Å². The Morgan fingerprint density at radius 3 is 2.50 bits per heavy atom. The van der Waals surface area contributed by atoms with Gasteiger partial charge in [-0.3, -0.25) is 0 Å². The zero-order valence-corrected chi connectivity index (χ0v) is 10.4. The Labute approximate surface area is 101 Å². The number of halogens is 1. The Balaban J connectivity index is 1.98. The van der Waals surface area contributed by atoms with Crippen molar-refractivity contribution in [2.24, 2.45) is 11.8 Å². The average Bonchev–Trinajstić information content (AvgIpc) is 2.15.